The third-order valence-corrected chi connectivity index (χ3v) is 5.78. The van der Waals surface area contributed by atoms with Crippen LogP contribution in [0.2, 0.25) is 0 Å². The number of aromatic nitrogens is 3. The van der Waals surface area contributed by atoms with E-state index in [9.17, 15) is 0 Å². The molecule has 0 bridgehead atoms. The lowest BCUT2D eigenvalue weighted by Crippen LogP contribution is -2.30. The summed E-state index contributed by atoms with van der Waals surface area (Å²) in [4.78, 5) is 4.36. The second-order valence-electron chi connectivity index (χ2n) is 7.96. The van der Waals surface area contributed by atoms with E-state index >= 15 is 0 Å². The Morgan fingerprint density at radius 3 is 2.97 bits per heavy atom. The zero-order valence-corrected chi connectivity index (χ0v) is 16.9. The summed E-state index contributed by atoms with van der Waals surface area (Å²) in [5, 5.41) is 11.9. The van der Waals surface area contributed by atoms with Crippen molar-refractivity contribution in [3.63, 3.8) is 0 Å². The molecule has 6 heteroatoms. The van der Waals surface area contributed by atoms with Crippen molar-refractivity contribution in [3.05, 3.63) is 72.2 Å². The van der Waals surface area contributed by atoms with E-state index < -0.39 is 0 Å². The topological polar surface area (TPSA) is 88.8 Å². The number of anilines is 1. The highest BCUT2D eigenvalue weighted by Gasteiger charge is 2.23. The highest BCUT2D eigenvalue weighted by atomic mass is 16.5. The molecule has 0 aliphatic carbocycles. The van der Waals surface area contributed by atoms with Crippen molar-refractivity contribution in [1.82, 2.24) is 15.2 Å². The molecule has 1 aliphatic heterocycles. The normalized spacial score (nSPS) is 16.3. The Bertz CT molecular complexity index is 1190. The second-order valence-corrected chi connectivity index (χ2v) is 7.96. The first kappa shape index (κ1) is 18.6. The van der Waals surface area contributed by atoms with Gasteiger partial charge >= 0.3 is 0 Å². The third-order valence-electron chi connectivity index (χ3n) is 5.78. The van der Waals surface area contributed by atoms with Gasteiger partial charge in [-0.05, 0) is 48.7 Å². The maximum atomic E-state index is 6.39. The Balaban J connectivity index is 1.25. The molecule has 5 rings (SSSR count). The van der Waals surface area contributed by atoms with Gasteiger partial charge in [0.05, 0.1) is 11.7 Å². The Morgan fingerprint density at radius 2 is 2.03 bits per heavy atom. The summed E-state index contributed by atoms with van der Waals surface area (Å²) in [6.07, 6.45) is 4.47. The minimum absolute atomic E-state index is 0.0449. The Hall–Kier alpha value is -3.38. The maximum Gasteiger partial charge on any atom is 0.138 e. The summed E-state index contributed by atoms with van der Waals surface area (Å²) in [6, 6.07) is 16.6. The molecular weight excluding hydrogens is 374 g/mol. The van der Waals surface area contributed by atoms with Crippen LogP contribution in [-0.2, 0) is 0 Å². The number of nitrogens with zero attached hydrogens (tertiary/aromatic N) is 2. The average Bonchev–Trinajstić information content (AvgIpc) is 3.36. The molecule has 0 spiro atoms. The van der Waals surface area contributed by atoms with Crippen LogP contribution in [0.15, 0.2) is 60.9 Å². The van der Waals surface area contributed by atoms with Crippen LogP contribution >= 0.6 is 0 Å². The summed E-state index contributed by atoms with van der Waals surface area (Å²) >= 11 is 0. The van der Waals surface area contributed by atoms with Crippen molar-refractivity contribution >= 4 is 16.6 Å². The molecule has 0 amide bonds. The minimum atomic E-state index is -0.0449. The van der Waals surface area contributed by atoms with Crippen molar-refractivity contribution < 1.29 is 4.74 Å². The van der Waals surface area contributed by atoms with Crippen LogP contribution in [-0.4, -0.2) is 34.4 Å². The smallest absolute Gasteiger partial charge is 0.138 e. The molecule has 0 radical (unpaired) electrons. The lowest BCUT2D eigenvalue weighted by Gasteiger charge is -2.17. The number of aromatic amines is 1. The van der Waals surface area contributed by atoms with Gasteiger partial charge in [0.1, 0.15) is 12.4 Å². The van der Waals surface area contributed by atoms with E-state index in [-0.39, 0.29) is 6.04 Å². The number of aryl methyl sites for hydroxylation is 1. The summed E-state index contributed by atoms with van der Waals surface area (Å²) in [5.41, 5.74) is 13.1. The molecule has 1 aliphatic rings. The van der Waals surface area contributed by atoms with Crippen LogP contribution in [0.4, 0.5) is 5.69 Å². The van der Waals surface area contributed by atoms with Gasteiger partial charge in [-0.3, -0.25) is 10.1 Å². The van der Waals surface area contributed by atoms with Gasteiger partial charge in [0.25, 0.3) is 0 Å². The van der Waals surface area contributed by atoms with Crippen LogP contribution < -0.4 is 15.8 Å². The lowest BCUT2D eigenvalue weighted by atomic mass is 9.94. The van der Waals surface area contributed by atoms with Crippen LogP contribution in [0.5, 0.6) is 5.75 Å². The lowest BCUT2D eigenvalue weighted by molar-refractivity contribution is 0.276. The highest BCUT2D eigenvalue weighted by Crippen LogP contribution is 2.34. The van der Waals surface area contributed by atoms with Gasteiger partial charge in [0.15, 0.2) is 0 Å². The van der Waals surface area contributed by atoms with Gasteiger partial charge in [-0.25, -0.2) is 0 Å². The highest BCUT2D eigenvalue weighted by molar-refractivity contribution is 5.86. The van der Waals surface area contributed by atoms with E-state index in [1.165, 1.54) is 11.3 Å². The number of ether oxygens (including phenoxy) is 1. The average molecular weight is 399 g/mol. The number of nitrogens with two attached hydrogens (primary N) is 1. The number of benzene rings is 2. The number of H-pyrrole nitrogens is 1. The molecule has 0 saturated carbocycles. The van der Waals surface area contributed by atoms with Crippen LogP contribution in [0.1, 0.15) is 23.6 Å². The number of nitrogens with one attached hydrogen (secondary N) is 2. The van der Waals surface area contributed by atoms with E-state index in [0.717, 1.165) is 46.4 Å². The van der Waals surface area contributed by atoms with Crippen molar-refractivity contribution in [2.45, 2.75) is 25.3 Å². The van der Waals surface area contributed by atoms with E-state index in [2.05, 4.69) is 56.9 Å². The maximum absolute atomic E-state index is 6.39. The fraction of sp³-hybridized carbons (Fsp3) is 0.250. The fourth-order valence-corrected chi connectivity index (χ4v) is 4.18. The van der Waals surface area contributed by atoms with Gasteiger partial charge in [-0.1, -0.05) is 24.3 Å². The molecule has 3 heterocycles. The van der Waals surface area contributed by atoms with Crippen molar-refractivity contribution in [1.29, 1.82) is 0 Å². The zero-order chi connectivity index (χ0) is 20.5. The minimum Gasteiger partial charge on any atom is -0.490 e. The summed E-state index contributed by atoms with van der Waals surface area (Å²) in [5.74, 6) is 1.16. The van der Waals surface area contributed by atoms with Crippen molar-refractivity contribution in [2.75, 3.05) is 18.5 Å². The molecule has 0 saturated heterocycles. The molecule has 0 fully saturated rings. The van der Waals surface area contributed by atoms with Gasteiger partial charge in [-0.2, -0.15) is 5.10 Å². The van der Waals surface area contributed by atoms with Crippen LogP contribution in [0, 0.1) is 6.92 Å². The summed E-state index contributed by atoms with van der Waals surface area (Å²) < 4.78 is 6.00. The molecule has 2 aromatic heterocycles. The van der Waals surface area contributed by atoms with E-state index in [0.29, 0.717) is 12.5 Å². The van der Waals surface area contributed by atoms with Gasteiger partial charge in [0, 0.05) is 47.0 Å². The Labute approximate surface area is 175 Å². The molecule has 2 aromatic carbocycles. The number of rotatable bonds is 6. The molecule has 4 N–H and O–H groups in total. The molecule has 2 atom stereocenters. The number of pyridine rings is 1. The number of hydrogen-bond donors (Lipinski definition) is 3. The first-order valence-corrected chi connectivity index (χ1v) is 10.3. The first-order chi connectivity index (χ1) is 14.7. The van der Waals surface area contributed by atoms with E-state index in [1.807, 2.05) is 25.3 Å². The Kier molecular flexibility index (Phi) is 4.85. The zero-order valence-electron chi connectivity index (χ0n) is 16.9. The summed E-state index contributed by atoms with van der Waals surface area (Å²) in [7, 11) is 0. The standard InChI is InChI=1S/C24H25N5O/c1-15-22-10-16(6-7-24(22)29-28-15)17-9-20(13-26-11-17)30-14-19(25)8-18-12-27-23-5-3-2-4-21(18)23/h2-7,9-11,13,18-19,27H,8,12,14,25H2,1H3,(H,28,29)/t18?,19-/m0/s1. The molecule has 1 unspecified atom stereocenters. The number of hydrogen-bond acceptors (Lipinski definition) is 5. The quantitative estimate of drug-likeness (QED) is 0.451. The van der Waals surface area contributed by atoms with E-state index in [1.54, 1.807) is 6.20 Å². The second kappa shape index (κ2) is 7.80. The molecule has 30 heavy (non-hydrogen) atoms. The SMILES string of the molecule is Cc1[nH]nc2ccc(-c3cncc(OC[C@@H](N)CC4CNc5ccccc54)c3)cc12. The monoisotopic (exact) mass is 399 g/mol. The van der Waals surface area contributed by atoms with Crippen LogP contribution in [0.25, 0.3) is 22.0 Å². The first-order valence-electron chi connectivity index (χ1n) is 10.3. The number of fused-ring (bicyclic) bond motifs is 2. The predicted octanol–water partition coefficient (Wildman–Crippen LogP) is 4.24. The van der Waals surface area contributed by atoms with Gasteiger partial charge in [0.2, 0.25) is 0 Å². The fourth-order valence-electron chi connectivity index (χ4n) is 4.18. The van der Waals surface area contributed by atoms with E-state index in [4.69, 9.17) is 10.5 Å². The van der Waals surface area contributed by atoms with Crippen LogP contribution in [0.3, 0.4) is 0 Å². The molecule has 4 aromatic rings. The summed E-state index contributed by atoms with van der Waals surface area (Å²) in [6.45, 7) is 3.42. The predicted molar refractivity (Wildman–Crippen MR) is 120 cm³/mol. The molecule has 6 nitrogen and oxygen atoms in total. The Morgan fingerprint density at radius 1 is 1.13 bits per heavy atom. The molecule has 152 valence electrons. The van der Waals surface area contributed by atoms with Gasteiger partial charge in [-0.15, -0.1) is 0 Å². The van der Waals surface area contributed by atoms with Crippen molar-refractivity contribution in [3.8, 4) is 16.9 Å². The third kappa shape index (κ3) is 3.62. The largest absolute Gasteiger partial charge is 0.490 e. The van der Waals surface area contributed by atoms with Crippen molar-refractivity contribution in [2.24, 2.45) is 5.73 Å². The molecular formula is C24H25N5O. The number of para-hydroxylation sites is 1. The van der Waals surface area contributed by atoms with Gasteiger partial charge < -0.3 is 15.8 Å².